The number of nitrogens with one attached hydrogen (secondary N) is 1. The van der Waals surface area contributed by atoms with Crippen LogP contribution in [0.1, 0.15) is 36.5 Å². The highest BCUT2D eigenvalue weighted by molar-refractivity contribution is 5.99. The molecule has 1 aromatic carbocycles. The van der Waals surface area contributed by atoms with Gasteiger partial charge < -0.3 is 29.7 Å². The van der Waals surface area contributed by atoms with Crippen molar-refractivity contribution in [2.24, 2.45) is 5.92 Å². The van der Waals surface area contributed by atoms with Crippen LogP contribution in [0.25, 0.3) is 0 Å². The van der Waals surface area contributed by atoms with Crippen molar-refractivity contribution < 1.29 is 29.0 Å². The average molecular weight is 474 g/mol. The molecule has 3 rings (SSSR count). The number of phenolic OH excluding ortho intramolecular Hbond substituents is 1. The number of aromatic hydroxyl groups is 1. The number of nitrogens with zero attached hydrogens (tertiary/aromatic N) is 2. The van der Waals surface area contributed by atoms with Gasteiger partial charge in [-0.3, -0.25) is 14.4 Å². The average Bonchev–Trinajstić information content (AvgIpc) is 2.78. The Morgan fingerprint density at radius 3 is 2.74 bits per heavy atom. The lowest BCUT2D eigenvalue weighted by Crippen LogP contribution is -2.59. The van der Waals surface area contributed by atoms with Crippen molar-refractivity contribution >= 4 is 18.1 Å². The number of para-hydroxylation sites is 1. The molecule has 2 fully saturated rings. The third-order valence-corrected chi connectivity index (χ3v) is 6.58. The van der Waals surface area contributed by atoms with Gasteiger partial charge in [0.15, 0.2) is 12.4 Å². The fraction of sp³-hybridized carbons (Fsp3) is 0.560. The minimum absolute atomic E-state index is 0.0667. The summed E-state index contributed by atoms with van der Waals surface area (Å²) in [6, 6.07) is 5.30. The van der Waals surface area contributed by atoms with Gasteiger partial charge in [0.1, 0.15) is 11.8 Å². The van der Waals surface area contributed by atoms with Crippen LogP contribution in [0.2, 0.25) is 0 Å². The Balaban J connectivity index is 1.60. The topological polar surface area (TPSA) is 108 Å². The predicted octanol–water partition coefficient (Wildman–Crippen LogP) is 1.57. The van der Waals surface area contributed by atoms with Gasteiger partial charge in [0.25, 0.3) is 5.91 Å². The van der Waals surface area contributed by atoms with Crippen molar-refractivity contribution in [3.8, 4) is 5.75 Å². The highest BCUT2D eigenvalue weighted by Crippen LogP contribution is 2.21. The lowest BCUT2D eigenvalue weighted by Gasteiger charge is -2.38. The lowest BCUT2D eigenvalue weighted by atomic mass is 10.0. The number of amides is 2. The number of phenols is 1. The lowest BCUT2D eigenvalue weighted by molar-refractivity contribution is -0.136. The Bertz CT molecular complexity index is 887. The van der Waals surface area contributed by atoms with E-state index in [1.807, 2.05) is 14.0 Å². The summed E-state index contributed by atoms with van der Waals surface area (Å²) in [6.07, 6.45) is 2.21. The largest absolute Gasteiger partial charge is 0.507 e. The summed E-state index contributed by atoms with van der Waals surface area (Å²) in [5, 5.41) is 12.9. The first-order valence-corrected chi connectivity index (χ1v) is 11.8. The van der Waals surface area contributed by atoms with Gasteiger partial charge in [0.2, 0.25) is 5.91 Å². The summed E-state index contributed by atoms with van der Waals surface area (Å²) in [5.41, 5.74) is 0.133. The molecule has 0 aromatic heterocycles. The second-order valence-electron chi connectivity index (χ2n) is 9.03. The molecule has 0 spiro atoms. The number of hydrogen-bond donors (Lipinski definition) is 2. The van der Waals surface area contributed by atoms with Crippen LogP contribution in [-0.4, -0.2) is 91.1 Å². The van der Waals surface area contributed by atoms with Crippen LogP contribution < -0.4 is 5.32 Å². The molecule has 0 bridgehead atoms. The summed E-state index contributed by atoms with van der Waals surface area (Å²) >= 11 is 0. The zero-order chi connectivity index (χ0) is 24.7. The first-order valence-electron chi connectivity index (χ1n) is 11.8. The molecule has 34 heavy (non-hydrogen) atoms. The fourth-order valence-electron chi connectivity index (χ4n) is 4.17. The number of hydrogen-bond acceptors (Lipinski definition) is 7. The molecule has 9 heteroatoms. The number of ether oxygens (including phenoxy) is 2. The van der Waals surface area contributed by atoms with Crippen molar-refractivity contribution in [2.75, 3.05) is 39.9 Å². The van der Waals surface area contributed by atoms with Crippen LogP contribution in [0.4, 0.5) is 0 Å². The molecule has 1 aromatic rings. The normalized spacial score (nSPS) is 22.8. The Hall–Kier alpha value is -2.91. The number of rotatable bonds is 10. The third-order valence-electron chi connectivity index (χ3n) is 6.58. The standard InChI is InChI=1S/C25H35N3O6/c1-17(34-22(14-29)19-15-33-16-19)8-6-12-28-13-7-11-27(3)18(2)23(25(28)32)26-24(31)20-9-4-5-10-21(20)30/h4-5,9-10,14,18-19,22-23,30H,1,6-8,11-13,15-16H2,2-3H3,(H,26,31). The van der Waals surface area contributed by atoms with Gasteiger partial charge >= 0.3 is 0 Å². The highest BCUT2D eigenvalue weighted by atomic mass is 16.5. The Labute approximate surface area is 200 Å². The summed E-state index contributed by atoms with van der Waals surface area (Å²) in [5.74, 6) is -0.194. The molecule has 2 heterocycles. The monoisotopic (exact) mass is 473 g/mol. The fourth-order valence-corrected chi connectivity index (χ4v) is 4.17. The maximum absolute atomic E-state index is 13.4. The molecule has 2 saturated heterocycles. The number of aldehydes is 1. The molecular weight excluding hydrogens is 438 g/mol. The number of benzene rings is 1. The van der Waals surface area contributed by atoms with Crippen LogP contribution in [0.3, 0.4) is 0 Å². The minimum Gasteiger partial charge on any atom is -0.507 e. The molecule has 2 aliphatic rings. The molecule has 2 aliphatic heterocycles. The summed E-state index contributed by atoms with van der Waals surface area (Å²) in [7, 11) is 1.94. The van der Waals surface area contributed by atoms with E-state index in [2.05, 4.69) is 16.8 Å². The maximum atomic E-state index is 13.4. The van der Waals surface area contributed by atoms with Crippen LogP contribution in [0.15, 0.2) is 36.6 Å². The Kier molecular flexibility index (Phi) is 9.06. The molecular formula is C25H35N3O6. The molecule has 3 unspecified atom stereocenters. The number of carbonyl (C=O) groups is 3. The van der Waals surface area contributed by atoms with Crippen molar-refractivity contribution in [3.63, 3.8) is 0 Å². The van der Waals surface area contributed by atoms with Gasteiger partial charge in [0.05, 0.1) is 24.5 Å². The molecule has 0 aliphatic carbocycles. The zero-order valence-electron chi connectivity index (χ0n) is 19.9. The van der Waals surface area contributed by atoms with E-state index in [0.29, 0.717) is 44.9 Å². The van der Waals surface area contributed by atoms with Gasteiger partial charge in [-0.2, -0.15) is 0 Å². The number of likely N-dealkylation sites (N-methyl/N-ethyl adjacent to an activating group) is 1. The van der Waals surface area contributed by atoms with Crippen LogP contribution >= 0.6 is 0 Å². The smallest absolute Gasteiger partial charge is 0.255 e. The first-order chi connectivity index (χ1) is 16.3. The summed E-state index contributed by atoms with van der Waals surface area (Å²) in [4.78, 5) is 41.4. The highest BCUT2D eigenvalue weighted by Gasteiger charge is 2.35. The van der Waals surface area contributed by atoms with E-state index in [9.17, 15) is 19.5 Å². The van der Waals surface area contributed by atoms with E-state index in [0.717, 1.165) is 19.3 Å². The quantitative estimate of drug-likeness (QED) is 0.392. The van der Waals surface area contributed by atoms with E-state index >= 15 is 0 Å². The summed E-state index contributed by atoms with van der Waals surface area (Å²) < 4.78 is 10.8. The summed E-state index contributed by atoms with van der Waals surface area (Å²) in [6.45, 7) is 8.71. The second kappa shape index (κ2) is 12.0. The van der Waals surface area contributed by atoms with Gasteiger partial charge in [-0.25, -0.2) is 0 Å². The molecule has 0 radical (unpaired) electrons. The third kappa shape index (κ3) is 6.36. The predicted molar refractivity (Wildman–Crippen MR) is 126 cm³/mol. The van der Waals surface area contributed by atoms with Crippen molar-refractivity contribution in [3.05, 3.63) is 42.2 Å². The van der Waals surface area contributed by atoms with Crippen molar-refractivity contribution in [1.82, 2.24) is 15.1 Å². The first kappa shape index (κ1) is 25.7. The van der Waals surface area contributed by atoms with Crippen LogP contribution in [-0.2, 0) is 19.1 Å². The number of carbonyl (C=O) groups excluding carboxylic acids is 3. The van der Waals surface area contributed by atoms with Gasteiger partial charge in [-0.1, -0.05) is 18.7 Å². The minimum atomic E-state index is -0.755. The van der Waals surface area contributed by atoms with Crippen LogP contribution in [0.5, 0.6) is 5.75 Å². The molecule has 2 N–H and O–H groups in total. The Morgan fingerprint density at radius 2 is 2.09 bits per heavy atom. The van der Waals surface area contributed by atoms with Gasteiger partial charge in [0, 0.05) is 31.5 Å². The van der Waals surface area contributed by atoms with Gasteiger partial charge in [-0.15, -0.1) is 0 Å². The van der Waals surface area contributed by atoms with Gasteiger partial charge in [-0.05, 0) is 45.5 Å². The molecule has 0 saturated carbocycles. The maximum Gasteiger partial charge on any atom is 0.255 e. The van der Waals surface area contributed by atoms with Crippen molar-refractivity contribution in [2.45, 2.75) is 44.4 Å². The zero-order valence-corrected chi connectivity index (χ0v) is 19.9. The van der Waals surface area contributed by atoms with E-state index in [1.165, 1.54) is 12.1 Å². The number of allylic oxidation sites excluding steroid dienone is 1. The van der Waals surface area contributed by atoms with E-state index in [4.69, 9.17) is 9.47 Å². The molecule has 3 atom stereocenters. The molecule has 186 valence electrons. The second-order valence-corrected chi connectivity index (χ2v) is 9.03. The van der Waals surface area contributed by atoms with E-state index < -0.39 is 18.1 Å². The van der Waals surface area contributed by atoms with Crippen LogP contribution in [0, 0.1) is 5.92 Å². The van der Waals surface area contributed by atoms with E-state index in [1.54, 1.807) is 17.0 Å². The Morgan fingerprint density at radius 1 is 1.35 bits per heavy atom. The molecule has 9 nitrogen and oxygen atoms in total. The van der Waals surface area contributed by atoms with E-state index in [-0.39, 0.29) is 29.2 Å². The van der Waals surface area contributed by atoms with Crippen molar-refractivity contribution in [1.29, 1.82) is 0 Å². The molecule has 2 amide bonds. The SMILES string of the molecule is C=C(CCCN1CCCN(C)C(C)C(NC(=O)c2ccccc2O)C1=O)OC(C=O)C1COC1.